The number of nitrogens with one attached hydrogen (secondary N) is 1. The van der Waals surface area contributed by atoms with Crippen LogP contribution in [0.2, 0.25) is 0 Å². The van der Waals surface area contributed by atoms with Crippen molar-refractivity contribution in [1.82, 2.24) is 4.98 Å². The van der Waals surface area contributed by atoms with Gasteiger partial charge in [0, 0.05) is 17.7 Å². The van der Waals surface area contributed by atoms with Crippen LogP contribution in [0.25, 0.3) is 20.8 Å². The number of nitrogens with zero attached hydrogens (tertiary/aromatic N) is 1. The molecule has 1 amide bonds. The van der Waals surface area contributed by atoms with Crippen LogP contribution in [0, 0.1) is 0 Å². The van der Waals surface area contributed by atoms with Gasteiger partial charge < -0.3 is 5.32 Å². The number of carbonyl (C=O) groups excluding carboxylic acids is 1. The summed E-state index contributed by atoms with van der Waals surface area (Å²) in [5.41, 5.74) is 2.85. The standard InChI is InChI=1S/C16H14N2OS/c1-2-15(19)17-12-7-5-6-11(10-12)16-18-13-8-3-4-9-14(13)20-16/h3-10H,2H2,1H3,(H,17,19). The molecule has 1 N–H and O–H groups in total. The highest BCUT2D eigenvalue weighted by Gasteiger charge is 2.07. The molecule has 0 aliphatic rings. The molecule has 0 aliphatic heterocycles. The van der Waals surface area contributed by atoms with Gasteiger partial charge in [0.1, 0.15) is 5.01 Å². The zero-order valence-corrected chi connectivity index (χ0v) is 11.9. The third-order valence-electron chi connectivity index (χ3n) is 3.01. The lowest BCUT2D eigenvalue weighted by Crippen LogP contribution is -2.09. The molecule has 0 spiro atoms. The highest BCUT2D eigenvalue weighted by molar-refractivity contribution is 7.21. The Morgan fingerprint density at radius 2 is 2.05 bits per heavy atom. The van der Waals surface area contributed by atoms with Gasteiger partial charge in [-0.15, -0.1) is 11.3 Å². The van der Waals surface area contributed by atoms with E-state index >= 15 is 0 Å². The Labute approximate surface area is 121 Å². The van der Waals surface area contributed by atoms with Crippen molar-refractivity contribution in [3.05, 3.63) is 48.5 Å². The van der Waals surface area contributed by atoms with Gasteiger partial charge in [0.15, 0.2) is 0 Å². The number of anilines is 1. The van der Waals surface area contributed by atoms with Crippen LogP contribution in [0.1, 0.15) is 13.3 Å². The van der Waals surface area contributed by atoms with Crippen molar-refractivity contribution >= 4 is 33.1 Å². The molecule has 0 unspecified atom stereocenters. The molecule has 20 heavy (non-hydrogen) atoms. The Morgan fingerprint density at radius 3 is 2.85 bits per heavy atom. The summed E-state index contributed by atoms with van der Waals surface area (Å²) in [7, 11) is 0. The van der Waals surface area contributed by atoms with Crippen molar-refractivity contribution in [2.24, 2.45) is 0 Å². The molecule has 1 heterocycles. The topological polar surface area (TPSA) is 42.0 Å². The van der Waals surface area contributed by atoms with Gasteiger partial charge in [0.25, 0.3) is 0 Å². The lowest BCUT2D eigenvalue weighted by Gasteiger charge is -2.04. The monoisotopic (exact) mass is 282 g/mol. The van der Waals surface area contributed by atoms with E-state index in [0.717, 1.165) is 21.8 Å². The lowest BCUT2D eigenvalue weighted by molar-refractivity contribution is -0.115. The second kappa shape index (κ2) is 5.43. The minimum Gasteiger partial charge on any atom is -0.326 e. The molecule has 0 fully saturated rings. The summed E-state index contributed by atoms with van der Waals surface area (Å²) >= 11 is 1.66. The van der Waals surface area contributed by atoms with Gasteiger partial charge >= 0.3 is 0 Å². The van der Waals surface area contributed by atoms with E-state index in [1.807, 2.05) is 49.4 Å². The largest absolute Gasteiger partial charge is 0.326 e. The fourth-order valence-corrected chi connectivity index (χ4v) is 2.94. The molecule has 4 heteroatoms. The van der Waals surface area contributed by atoms with Gasteiger partial charge in [0.05, 0.1) is 10.2 Å². The molecule has 0 bridgehead atoms. The van der Waals surface area contributed by atoms with Crippen molar-refractivity contribution in [2.45, 2.75) is 13.3 Å². The molecule has 0 atom stereocenters. The van der Waals surface area contributed by atoms with Gasteiger partial charge in [-0.05, 0) is 24.3 Å². The van der Waals surface area contributed by atoms with E-state index in [9.17, 15) is 4.79 Å². The first kappa shape index (κ1) is 12.8. The fraction of sp³-hybridized carbons (Fsp3) is 0.125. The smallest absolute Gasteiger partial charge is 0.224 e. The Morgan fingerprint density at radius 1 is 1.20 bits per heavy atom. The van der Waals surface area contributed by atoms with Crippen molar-refractivity contribution in [1.29, 1.82) is 0 Å². The Hall–Kier alpha value is -2.20. The minimum absolute atomic E-state index is 0.0199. The van der Waals surface area contributed by atoms with Gasteiger partial charge in [-0.2, -0.15) is 0 Å². The quantitative estimate of drug-likeness (QED) is 0.777. The van der Waals surface area contributed by atoms with E-state index in [4.69, 9.17) is 0 Å². The maximum Gasteiger partial charge on any atom is 0.224 e. The first-order valence-electron chi connectivity index (χ1n) is 6.52. The summed E-state index contributed by atoms with van der Waals surface area (Å²) in [6.07, 6.45) is 0.478. The third-order valence-corrected chi connectivity index (χ3v) is 4.09. The molecule has 3 aromatic rings. The number of hydrogen-bond acceptors (Lipinski definition) is 3. The van der Waals surface area contributed by atoms with E-state index in [2.05, 4.69) is 16.4 Å². The van der Waals surface area contributed by atoms with Crippen LogP contribution in [-0.2, 0) is 4.79 Å². The zero-order chi connectivity index (χ0) is 13.9. The molecule has 1 aromatic heterocycles. The zero-order valence-electron chi connectivity index (χ0n) is 11.1. The maximum absolute atomic E-state index is 11.4. The van der Waals surface area contributed by atoms with Crippen molar-refractivity contribution in [2.75, 3.05) is 5.32 Å². The van der Waals surface area contributed by atoms with E-state index in [1.54, 1.807) is 11.3 Å². The molecule has 0 aliphatic carbocycles. The maximum atomic E-state index is 11.4. The molecule has 2 aromatic carbocycles. The number of carbonyl (C=O) groups is 1. The summed E-state index contributed by atoms with van der Waals surface area (Å²) in [5.74, 6) is 0.0199. The fourth-order valence-electron chi connectivity index (χ4n) is 1.98. The number of amides is 1. The van der Waals surface area contributed by atoms with Crippen LogP contribution in [0.5, 0.6) is 0 Å². The van der Waals surface area contributed by atoms with Crippen LogP contribution >= 0.6 is 11.3 Å². The van der Waals surface area contributed by atoms with Gasteiger partial charge in [0.2, 0.25) is 5.91 Å². The molecular weight excluding hydrogens is 268 g/mol. The normalized spacial score (nSPS) is 10.7. The summed E-state index contributed by atoms with van der Waals surface area (Å²) in [6.45, 7) is 1.84. The first-order chi connectivity index (χ1) is 9.76. The molecule has 100 valence electrons. The second-order valence-electron chi connectivity index (χ2n) is 4.47. The lowest BCUT2D eigenvalue weighted by atomic mass is 10.2. The second-order valence-corrected chi connectivity index (χ2v) is 5.50. The van der Waals surface area contributed by atoms with Crippen LogP contribution in [0.4, 0.5) is 5.69 Å². The van der Waals surface area contributed by atoms with Crippen molar-refractivity contribution in [3.8, 4) is 10.6 Å². The number of benzene rings is 2. The van der Waals surface area contributed by atoms with Gasteiger partial charge in [-0.1, -0.05) is 31.2 Å². The third kappa shape index (κ3) is 2.56. The van der Waals surface area contributed by atoms with Gasteiger partial charge in [-0.25, -0.2) is 4.98 Å². The van der Waals surface area contributed by atoms with Gasteiger partial charge in [-0.3, -0.25) is 4.79 Å². The minimum atomic E-state index is 0.0199. The van der Waals surface area contributed by atoms with E-state index in [-0.39, 0.29) is 5.91 Å². The van der Waals surface area contributed by atoms with E-state index in [0.29, 0.717) is 6.42 Å². The number of thiazole rings is 1. The summed E-state index contributed by atoms with van der Waals surface area (Å²) < 4.78 is 1.17. The Kier molecular flexibility index (Phi) is 3.48. The van der Waals surface area contributed by atoms with E-state index in [1.165, 1.54) is 4.70 Å². The number of para-hydroxylation sites is 1. The average molecular weight is 282 g/mol. The summed E-state index contributed by atoms with van der Waals surface area (Å²) in [4.78, 5) is 16.1. The molecule has 0 saturated heterocycles. The van der Waals surface area contributed by atoms with Crippen LogP contribution in [-0.4, -0.2) is 10.9 Å². The molecule has 0 saturated carbocycles. The van der Waals surface area contributed by atoms with Crippen LogP contribution in [0.3, 0.4) is 0 Å². The molecular formula is C16H14N2OS. The number of aromatic nitrogens is 1. The SMILES string of the molecule is CCC(=O)Nc1cccc(-c2nc3ccccc3s2)c1. The molecule has 3 nitrogen and oxygen atoms in total. The predicted molar refractivity (Wildman–Crippen MR) is 84.0 cm³/mol. The average Bonchev–Trinajstić information content (AvgIpc) is 2.91. The van der Waals surface area contributed by atoms with Crippen LogP contribution in [0.15, 0.2) is 48.5 Å². The number of hydrogen-bond donors (Lipinski definition) is 1. The van der Waals surface area contributed by atoms with E-state index < -0.39 is 0 Å². The molecule has 3 rings (SSSR count). The number of rotatable bonds is 3. The predicted octanol–water partition coefficient (Wildman–Crippen LogP) is 4.31. The Balaban J connectivity index is 1.97. The Bertz CT molecular complexity index is 731. The summed E-state index contributed by atoms with van der Waals surface area (Å²) in [5, 5.41) is 3.84. The van der Waals surface area contributed by atoms with Crippen molar-refractivity contribution < 1.29 is 4.79 Å². The van der Waals surface area contributed by atoms with Crippen molar-refractivity contribution in [3.63, 3.8) is 0 Å². The highest BCUT2D eigenvalue weighted by atomic mass is 32.1. The van der Waals surface area contributed by atoms with Crippen LogP contribution < -0.4 is 5.32 Å². The summed E-state index contributed by atoms with van der Waals surface area (Å²) in [6, 6.07) is 15.9. The highest BCUT2D eigenvalue weighted by Crippen LogP contribution is 2.31. The number of fused-ring (bicyclic) bond motifs is 1. The molecule has 0 radical (unpaired) electrons. The first-order valence-corrected chi connectivity index (χ1v) is 7.34.